The number of carbonyl (C=O) groups is 1. The number of hydrogen-bond acceptors (Lipinski definition) is 5. The van der Waals surface area contributed by atoms with Crippen molar-refractivity contribution in [2.24, 2.45) is 0 Å². The molecule has 0 saturated carbocycles. The lowest BCUT2D eigenvalue weighted by Crippen LogP contribution is -2.50. The minimum absolute atomic E-state index is 0.0102. The van der Waals surface area contributed by atoms with Crippen LogP contribution in [0, 0.1) is 0 Å². The number of aromatic nitrogens is 1. The van der Waals surface area contributed by atoms with Crippen LogP contribution in [0.25, 0.3) is 0 Å². The Hall–Kier alpha value is -1.90. The van der Waals surface area contributed by atoms with E-state index in [0.717, 1.165) is 16.3 Å². The highest BCUT2D eigenvalue weighted by Gasteiger charge is 2.29. The molecule has 1 saturated heterocycles. The van der Waals surface area contributed by atoms with Gasteiger partial charge in [-0.2, -0.15) is 4.31 Å². The summed E-state index contributed by atoms with van der Waals surface area (Å²) in [6.07, 6.45) is 1.64. The Morgan fingerprint density at radius 2 is 1.81 bits per heavy atom. The van der Waals surface area contributed by atoms with Gasteiger partial charge in [0.1, 0.15) is 0 Å². The fourth-order valence-electron chi connectivity index (χ4n) is 3.00. The van der Waals surface area contributed by atoms with E-state index in [4.69, 9.17) is 0 Å². The van der Waals surface area contributed by atoms with Gasteiger partial charge in [0.25, 0.3) is 5.91 Å². The molecule has 2 aromatic rings. The van der Waals surface area contributed by atoms with E-state index in [1.165, 1.54) is 4.31 Å². The summed E-state index contributed by atoms with van der Waals surface area (Å²) in [5, 5.41) is 0.826. The van der Waals surface area contributed by atoms with Gasteiger partial charge >= 0.3 is 0 Å². The SMILES string of the molecule is CCSc1cc(C(=O)N2CCN(S(=O)(=O)Cc3ccccc3)CC2)ccn1. The maximum Gasteiger partial charge on any atom is 0.254 e. The lowest BCUT2D eigenvalue weighted by Gasteiger charge is -2.34. The zero-order valence-corrected chi connectivity index (χ0v) is 16.9. The van der Waals surface area contributed by atoms with Crippen molar-refractivity contribution in [2.75, 3.05) is 31.9 Å². The molecular weight excluding hydrogens is 382 g/mol. The summed E-state index contributed by atoms with van der Waals surface area (Å²) in [6, 6.07) is 12.7. The van der Waals surface area contributed by atoms with E-state index in [1.54, 1.807) is 35.0 Å². The van der Waals surface area contributed by atoms with Crippen LogP contribution in [0.1, 0.15) is 22.8 Å². The first-order valence-electron chi connectivity index (χ1n) is 8.89. The maximum atomic E-state index is 12.7. The number of pyridine rings is 1. The average molecular weight is 406 g/mol. The largest absolute Gasteiger partial charge is 0.336 e. The van der Waals surface area contributed by atoms with Gasteiger partial charge in [0, 0.05) is 37.9 Å². The van der Waals surface area contributed by atoms with E-state index >= 15 is 0 Å². The van der Waals surface area contributed by atoms with Crippen LogP contribution in [0.5, 0.6) is 0 Å². The summed E-state index contributed by atoms with van der Waals surface area (Å²) in [7, 11) is -3.38. The summed E-state index contributed by atoms with van der Waals surface area (Å²) in [5.74, 6) is 0.808. The quantitative estimate of drug-likeness (QED) is 0.691. The molecule has 0 unspecified atom stereocenters. The van der Waals surface area contributed by atoms with Crippen molar-refractivity contribution in [3.63, 3.8) is 0 Å². The predicted octanol–water partition coefficient (Wildman–Crippen LogP) is 2.48. The van der Waals surface area contributed by atoms with E-state index in [2.05, 4.69) is 4.98 Å². The normalized spacial score (nSPS) is 15.7. The monoisotopic (exact) mass is 405 g/mol. The second kappa shape index (κ2) is 8.86. The molecule has 1 fully saturated rings. The van der Waals surface area contributed by atoms with Crippen LogP contribution in [-0.2, 0) is 15.8 Å². The van der Waals surface area contributed by atoms with Crippen molar-refractivity contribution in [3.8, 4) is 0 Å². The van der Waals surface area contributed by atoms with Crippen molar-refractivity contribution in [3.05, 3.63) is 59.8 Å². The Kier molecular flexibility index (Phi) is 6.51. The number of rotatable bonds is 6. The van der Waals surface area contributed by atoms with Crippen LogP contribution in [0.3, 0.4) is 0 Å². The van der Waals surface area contributed by atoms with Crippen LogP contribution in [0.15, 0.2) is 53.7 Å². The molecule has 1 aliphatic heterocycles. The zero-order valence-electron chi connectivity index (χ0n) is 15.2. The molecule has 144 valence electrons. The number of benzene rings is 1. The molecule has 0 atom stereocenters. The highest BCUT2D eigenvalue weighted by molar-refractivity contribution is 7.99. The summed E-state index contributed by atoms with van der Waals surface area (Å²) >= 11 is 1.59. The highest BCUT2D eigenvalue weighted by Crippen LogP contribution is 2.18. The lowest BCUT2D eigenvalue weighted by molar-refractivity contribution is 0.0697. The fourth-order valence-corrected chi connectivity index (χ4v) is 5.15. The molecule has 1 aromatic carbocycles. The van der Waals surface area contributed by atoms with E-state index in [9.17, 15) is 13.2 Å². The Morgan fingerprint density at radius 1 is 1.11 bits per heavy atom. The zero-order chi connectivity index (χ0) is 19.3. The van der Waals surface area contributed by atoms with Crippen molar-refractivity contribution in [1.29, 1.82) is 0 Å². The third kappa shape index (κ3) is 5.09. The molecule has 0 radical (unpaired) electrons. The van der Waals surface area contributed by atoms with Crippen molar-refractivity contribution >= 4 is 27.7 Å². The van der Waals surface area contributed by atoms with Gasteiger partial charge < -0.3 is 4.90 Å². The second-order valence-electron chi connectivity index (χ2n) is 6.25. The standard InChI is InChI=1S/C19H23N3O3S2/c1-2-26-18-14-17(8-9-20-18)19(23)21-10-12-22(13-11-21)27(24,25)15-16-6-4-3-5-7-16/h3-9,14H,2,10-13,15H2,1H3. The van der Waals surface area contributed by atoms with Crippen LogP contribution >= 0.6 is 11.8 Å². The number of amides is 1. The summed E-state index contributed by atoms with van der Waals surface area (Å²) in [4.78, 5) is 18.7. The summed E-state index contributed by atoms with van der Waals surface area (Å²) in [6.45, 7) is 3.47. The van der Waals surface area contributed by atoms with Crippen LogP contribution in [0.2, 0.25) is 0 Å². The van der Waals surface area contributed by atoms with Crippen LogP contribution in [-0.4, -0.2) is 60.4 Å². The van der Waals surface area contributed by atoms with Gasteiger partial charge in [-0.15, -0.1) is 11.8 Å². The number of thioether (sulfide) groups is 1. The highest BCUT2D eigenvalue weighted by atomic mass is 32.2. The Balaban J connectivity index is 1.61. The smallest absolute Gasteiger partial charge is 0.254 e. The van der Waals surface area contributed by atoms with Gasteiger partial charge in [-0.05, 0) is 23.4 Å². The Bertz CT molecular complexity index is 880. The third-order valence-electron chi connectivity index (χ3n) is 4.39. The van der Waals surface area contributed by atoms with E-state index in [-0.39, 0.29) is 11.7 Å². The first-order chi connectivity index (χ1) is 13.0. The second-order valence-corrected chi connectivity index (χ2v) is 9.50. The van der Waals surface area contributed by atoms with E-state index in [0.29, 0.717) is 31.7 Å². The molecule has 1 amide bonds. The summed E-state index contributed by atoms with van der Waals surface area (Å²) < 4.78 is 26.7. The van der Waals surface area contributed by atoms with Crippen molar-refractivity contribution in [2.45, 2.75) is 17.7 Å². The number of piperazine rings is 1. The molecule has 27 heavy (non-hydrogen) atoms. The molecule has 2 heterocycles. The predicted molar refractivity (Wildman–Crippen MR) is 107 cm³/mol. The fraction of sp³-hybridized carbons (Fsp3) is 0.368. The van der Waals surface area contributed by atoms with Crippen molar-refractivity contribution < 1.29 is 13.2 Å². The Morgan fingerprint density at radius 3 is 2.48 bits per heavy atom. The minimum atomic E-state index is -3.38. The molecule has 0 spiro atoms. The number of hydrogen-bond donors (Lipinski definition) is 0. The Labute approximate surface area is 164 Å². The molecule has 1 aliphatic rings. The van der Waals surface area contributed by atoms with Gasteiger partial charge in [-0.3, -0.25) is 4.79 Å². The van der Waals surface area contributed by atoms with E-state index < -0.39 is 10.0 Å². The van der Waals surface area contributed by atoms with Crippen molar-refractivity contribution in [1.82, 2.24) is 14.2 Å². The molecule has 0 N–H and O–H groups in total. The van der Waals surface area contributed by atoms with Gasteiger partial charge in [-0.1, -0.05) is 37.3 Å². The number of carbonyl (C=O) groups excluding carboxylic acids is 1. The molecule has 3 rings (SSSR count). The van der Waals surface area contributed by atoms with Crippen LogP contribution < -0.4 is 0 Å². The van der Waals surface area contributed by atoms with Crippen LogP contribution in [0.4, 0.5) is 0 Å². The first kappa shape index (κ1) is 19.9. The minimum Gasteiger partial charge on any atom is -0.336 e. The molecule has 1 aromatic heterocycles. The summed E-state index contributed by atoms with van der Waals surface area (Å²) in [5.41, 5.74) is 1.37. The molecule has 8 heteroatoms. The van der Waals surface area contributed by atoms with Gasteiger partial charge in [0.2, 0.25) is 10.0 Å². The maximum absolute atomic E-state index is 12.7. The van der Waals surface area contributed by atoms with Gasteiger partial charge in [0.05, 0.1) is 10.8 Å². The first-order valence-corrected chi connectivity index (χ1v) is 11.5. The third-order valence-corrected chi connectivity index (χ3v) is 7.04. The number of sulfonamides is 1. The lowest BCUT2D eigenvalue weighted by atomic mass is 10.2. The average Bonchev–Trinajstić information content (AvgIpc) is 2.68. The van der Waals surface area contributed by atoms with Gasteiger partial charge in [0.15, 0.2) is 0 Å². The molecule has 0 aliphatic carbocycles. The van der Waals surface area contributed by atoms with E-state index in [1.807, 2.05) is 37.3 Å². The topological polar surface area (TPSA) is 70.6 Å². The van der Waals surface area contributed by atoms with Gasteiger partial charge in [-0.25, -0.2) is 13.4 Å². The number of nitrogens with zero attached hydrogens (tertiary/aromatic N) is 3. The molecule has 6 nitrogen and oxygen atoms in total. The molecular formula is C19H23N3O3S2. The molecule has 0 bridgehead atoms.